The Hall–Kier alpha value is -2.92. The molecule has 0 fully saturated rings. The third-order valence-corrected chi connectivity index (χ3v) is 5.72. The van der Waals surface area contributed by atoms with E-state index in [0.29, 0.717) is 13.0 Å². The van der Waals surface area contributed by atoms with Gasteiger partial charge in [0.2, 0.25) is 5.91 Å². The number of fused-ring (bicyclic) bond motifs is 1. The standard InChI is InChI=1S/C24H28N4O/c1-28(2)21(13-17-8-11-23-20(12-17)15-26-27-23)16-25-24(29)14-22(19-9-10-19)18-6-4-3-5-7-18/h3-9,11-12,15,21-22H,10,13-14,16H2,1-2H3,(H,25,29)(H,26,27)/t21-,22+/m0/s1. The van der Waals surface area contributed by atoms with E-state index in [1.807, 2.05) is 24.4 Å². The van der Waals surface area contributed by atoms with Gasteiger partial charge < -0.3 is 10.2 Å². The molecule has 5 nitrogen and oxygen atoms in total. The minimum Gasteiger partial charge on any atom is -0.354 e. The number of hydrogen-bond donors (Lipinski definition) is 2. The molecule has 1 amide bonds. The number of H-pyrrole nitrogens is 1. The number of rotatable bonds is 9. The summed E-state index contributed by atoms with van der Waals surface area (Å²) in [6, 6.07) is 16.9. The number of benzene rings is 2. The monoisotopic (exact) mass is 388 g/mol. The van der Waals surface area contributed by atoms with Crippen molar-refractivity contribution in [2.24, 2.45) is 0 Å². The fraction of sp³-hybridized carbons (Fsp3) is 0.333. The quantitative estimate of drug-likeness (QED) is 0.550. The number of likely N-dealkylation sites (N-methyl/N-ethyl adjacent to an activating group) is 1. The molecule has 2 N–H and O–H groups in total. The van der Waals surface area contributed by atoms with Crippen LogP contribution in [0.15, 0.2) is 66.4 Å². The summed E-state index contributed by atoms with van der Waals surface area (Å²) in [4.78, 5) is 14.9. The van der Waals surface area contributed by atoms with Crippen LogP contribution < -0.4 is 5.32 Å². The summed E-state index contributed by atoms with van der Waals surface area (Å²) in [6.45, 7) is 0.635. The van der Waals surface area contributed by atoms with Gasteiger partial charge in [-0.2, -0.15) is 5.10 Å². The third kappa shape index (κ3) is 4.93. The van der Waals surface area contributed by atoms with Crippen LogP contribution in [-0.4, -0.2) is 47.7 Å². The molecule has 150 valence electrons. The van der Waals surface area contributed by atoms with E-state index in [0.717, 1.165) is 23.7 Å². The summed E-state index contributed by atoms with van der Waals surface area (Å²) in [6.07, 6.45) is 6.49. The maximum absolute atomic E-state index is 12.7. The van der Waals surface area contributed by atoms with Gasteiger partial charge in [-0.1, -0.05) is 48.0 Å². The van der Waals surface area contributed by atoms with Gasteiger partial charge in [-0.05, 0) is 50.2 Å². The largest absolute Gasteiger partial charge is 0.354 e. The molecule has 0 saturated carbocycles. The number of aromatic nitrogens is 2. The molecule has 0 saturated heterocycles. The predicted molar refractivity (Wildman–Crippen MR) is 117 cm³/mol. The van der Waals surface area contributed by atoms with E-state index >= 15 is 0 Å². The molecule has 3 aromatic rings. The van der Waals surface area contributed by atoms with Crippen LogP contribution in [0.25, 0.3) is 10.9 Å². The maximum atomic E-state index is 12.7. The van der Waals surface area contributed by atoms with Crippen LogP contribution in [0.2, 0.25) is 0 Å². The van der Waals surface area contributed by atoms with E-state index in [2.05, 4.69) is 70.9 Å². The summed E-state index contributed by atoms with van der Waals surface area (Å²) in [5.41, 5.74) is 4.90. The van der Waals surface area contributed by atoms with Gasteiger partial charge in [0.05, 0.1) is 11.7 Å². The highest BCUT2D eigenvalue weighted by Gasteiger charge is 2.25. The van der Waals surface area contributed by atoms with Gasteiger partial charge in [0.25, 0.3) is 0 Å². The van der Waals surface area contributed by atoms with Crippen LogP contribution in [0.3, 0.4) is 0 Å². The Bertz CT molecular complexity index is 1010. The normalized spacial score (nSPS) is 15.2. The highest BCUT2D eigenvalue weighted by Crippen LogP contribution is 2.37. The summed E-state index contributed by atoms with van der Waals surface area (Å²) in [7, 11) is 4.13. The number of aromatic amines is 1. The van der Waals surface area contributed by atoms with Crippen molar-refractivity contribution < 1.29 is 4.79 Å². The SMILES string of the molecule is CN(C)[C@H](CNC(=O)C[C@@H](C1=CC1)c1ccccc1)Cc1ccc2[nH]ncc2c1. The third-order valence-electron chi connectivity index (χ3n) is 5.72. The Kier molecular flexibility index (Phi) is 5.76. The molecular weight excluding hydrogens is 360 g/mol. The molecule has 0 unspecified atom stereocenters. The van der Waals surface area contributed by atoms with Gasteiger partial charge in [0.15, 0.2) is 0 Å². The summed E-state index contributed by atoms with van der Waals surface area (Å²) >= 11 is 0. The number of allylic oxidation sites excluding steroid dienone is 2. The summed E-state index contributed by atoms with van der Waals surface area (Å²) in [5.74, 6) is 0.321. The van der Waals surface area contributed by atoms with Crippen LogP contribution in [0.1, 0.15) is 29.9 Å². The molecular formula is C24H28N4O. The maximum Gasteiger partial charge on any atom is 0.220 e. The topological polar surface area (TPSA) is 61.0 Å². The highest BCUT2D eigenvalue weighted by atomic mass is 16.1. The van der Waals surface area contributed by atoms with Gasteiger partial charge >= 0.3 is 0 Å². The van der Waals surface area contributed by atoms with E-state index in [4.69, 9.17) is 0 Å². The molecule has 0 radical (unpaired) electrons. The minimum absolute atomic E-state index is 0.115. The van der Waals surface area contributed by atoms with Crippen LogP contribution in [0.5, 0.6) is 0 Å². The molecule has 1 aliphatic rings. The molecule has 2 aromatic carbocycles. The van der Waals surface area contributed by atoms with Crippen molar-refractivity contribution in [1.82, 2.24) is 20.4 Å². The fourth-order valence-corrected chi connectivity index (χ4v) is 3.81. The number of carbonyl (C=O) groups excluding carboxylic acids is 1. The Labute approximate surface area is 171 Å². The van der Waals surface area contributed by atoms with Crippen LogP contribution in [0, 0.1) is 0 Å². The Morgan fingerprint density at radius 3 is 2.72 bits per heavy atom. The second-order valence-electron chi connectivity index (χ2n) is 8.07. The zero-order valence-corrected chi connectivity index (χ0v) is 17.1. The Morgan fingerprint density at radius 2 is 2.00 bits per heavy atom. The molecule has 1 aliphatic carbocycles. The first-order valence-corrected chi connectivity index (χ1v) is 10.2. The van der Waals surface area contributed by atoms with Crippen molar-refractivity contribution in [3.63, 3.8) is 0 Å². The second-order valence-corrected chi connectivity index (χ2v) is 8.07. The number of hydrogen-bond acceptors (Lipinski definition) is 3. The molecule has 0 bridgehead atoms. The lowest BCUT2D eigenvalue weighted by Gasteiger charge is -2.25. The molecule has 5 heteroatoms. The first-order valence-electron chi connectivity index (χ1n) is 10.2. The first-order chi connectivity index (χ1) is 14.1. The van der Waals surface area contributed by atoms with Gasteiger partial charge in [-0.15, -0.1) is 0 Å². The van der Waals surface area contributed by atoms with Gasteiger partial charge in [-0.25, -0.2) is 0 Å². The van der Waals surface area contributed by atoms with Gasteiger partial charge in [0.1, 0.15) is 0 Å². The fourth-order valence-electron chi connectivity index (χ4n) is 3.81. The molecule has 0 aliphatic heterocycles. The lowest BCUT2D eigenvalue weighted by atomic mass is 9.92. The van der Waals surface area contributed by atoms with Gasteiger partial charge in [-0.3, -0.25) is 9.89 Å². The average molecular weight is 389 g/mol. The van der Waals surface area contributed by atoms with E-state index in [9.17, 15) is 4.79 Å². The molecule has 29 heavy (non-hydrogen) atoms. The van der Waals surface area contributed by atoms with Crippen molar-refractivity contribution in [3.8, 4) is 0 Å². The summed E-state index contributed by atoms with van der Waals surface area (Å²) in [5, 5.41) is 11.4. The molecule has 0 spiro atoms. The van der Waals surface area contributed by atoms with E-state index in [-0.39, 0.29) is 17.9 Å². The van der Waals surface area contributed by atoms with Crippen LogP contribution in [-0.2, 0) is 11.2 Å². The molecule has 4 rings (SSSR count). The number of amides is 1. The van der Waals surface area contributed by atoms with Crippen molar-refractivity contribution >= 4 is 16.8 Å². The van der Waals surface area contributed by atoms with Gasteiger partial charge in [0, 0.05) is 30.3 Å². The number of nitrogens with one attached hydrogen (secondary N) is 2. The first kappa shape index (κ1) is 19.4. The van der Waals surface area contributed by atoms with Crippen molar-refractivity contribution in [2.45, 2.75) is 31.2 Å². The zero-order valence-electron chi connectivity index (χ0n) is 17.1. The van der Waals surface area contributed by atoms with Crippen molar-refractivity contribution in [3.05, 3.63) is 77.5 Å². The van der Waals surface area contributed by atoms with Crippen molar-refractivity contribution in [2.75, 3.05) is 20.6 Å². The van der Waals surface area contributed by atoms with Crippen molar-refractivity contribution in [1.29, 1.82) is 0 Å². The molecule has 1 heterocycles. The number of carbonyl (C=O) groups is 1. The number of nitrogens with zero attached hydrogens (tertiary/aromatic N) is 2. The lowest BCUT2D eigenvalue weighted by molar-refractivity contribution is -0.121. The lowest BCUT2D eigenvalue weighted by Crippen LogP contribution is -2.41. The smallest absolute Gasteiger partial charge is 0.220 e. The highest BCUT2D eigenvalue weighted by molar-refractivity contribution is 5.79. The Balaban J connectivity index is 1.36. The van der Waals surface area contributed by atoms with Crippen LogP contribution in [0.4, 0.5) is 0 Å². The predicted octanol–water partition coefficient (Wildman–Crippen LogP) is 3.66. The van der Waals surface area contributed by atoms with E-state index < -0.39 is 0 Å². The van der Waals surface area contributed by atoms with Crippen LogP contribution >= 0.6 is 0 Å². The molecule has 2 atom stereocenters. The molecule has 1 aromatic heterocycles. The zero-order chi connectivity index (χ0) is 20.2. The minimum atomic E-state index is 0.115. The second kappa shape index (κ2) is 8.62. The summed E-state index contributed by atoms with van der Waals surface area (Å²) < 4.78 is 0. The Morgan fingerprint density at radius 1 is 1.21 bits per heavy atom. The average Bonchev–Trinajstić information content (AvgIpc) is 3.46. The van der Waals surface area contributed by atoms with E-state index in [1.165, 1.54) is 16.7 Å². The van der Waals surface area contributed by atoms with E-state index in [1.54, 1.807) is 0 Å².